The van der Waals surface area contributed by atoms with Crippen molar-refractivity contribution in [2.75, 3.05) is 0 Å². The van der Waals surface area contributed by atoms with Crippen LogP contribution in [0.25, 0.3) is 0 Å². The van der Waals surface area contributed by atoms with Gasteiger partial charge in [-0.15, -0.1) is 0 Å². The Morgan fingerprint density at radius 2 is 1.65 bits per heavy atom. The first-order valence-corrected chi connectivity index (χ1v) is 7.37. The molecule has 23 heavy (non-hydrogen) atoms. The number of carbonyl (C=O) groups excluding carboxylic acids is 1. The third-order valence-electron chi connectivity index (χ3n) is 3.07. The van der Waals surface area contributed by atoms with Crippen molar-refractivity contribution >= 4 is 35.1 Å². The van der Waals surface area contributed by atoms with Crippen LogP contribution in [0.4, 0.5) is 0 Å². The summed E-state index contributed by atoms with van der Waals surface area (Å²) < 4.78 is 5.21. The number of aliphatic carboxylic acids is 1. The number of ether oxygens (including phenoxy) is 1. The van der Waals surface area contributed by atoms with Gasteiger partial charge in [0.25, 0.3) is 0 Å². The molecule has 2 aromatic carbocycles. The summed E-state index contributed by atoms with van der Waals surface area (Å²) in [5.41, 5.74) is 6.27. The molecule has 0 heterocycles. The lowest BCUT2D eigenvalue weighted by atomic mass is 10.1. The van der Waals surface area contributed by atoms with Crippen LogP contribution in [0.5, 0.6) is 5.75 Å². The van der Waals surface area contributed by atoms with Crippen LogP contribution in [0, 0.1) is 0 Å². The van der Waals surface area contributed by atoms with Crippen molar-refractivity contribution in [1.29, 1.82) is 0 Å². The lowest BCUT2D eigenvalue weighted by molar-refractivity contribution is -0.138. The maximum Gasteiger partial charge on any atom is 0.346 e. The molecule has 0 amide bonds. The highest BCUT2D eigenvalue weighted by molar-refractivity contribution is 6.39. The van der Waals surface area contributed by atoms with Crippen molar-refractivity contribution in [3.63, 3.8) is 0 Å². The van der Waals surface area contributed by atoms with Crippen LogP contribution in [0.1, 0.15) is 15.9 Å². The zero-order valence-corrected chi connectivity index (χ0v) is 13.3. The topological polar surface area (TPSA) is 89.6 Å². The molecule has 0 radical (unpaired) electrons. The van der Waals surface area contributed by atoms with Crippen LogP contribution < -0.4 is 10.5 Å². The van der Waals surface area contributed by atoms with Crippen molar-refractivity contribution in [3.8, 4) is 5.75 Å². The molecule has 0 aliphatic carbocycles. The first-order valence-electron chi connectivity index (χ1n) is 6.62. The number of nitrogens with two attached hydrogens (primary N) is 1. The van der Waals surface area contributed by atoms with Crippen molar-refractivity contribution in [3.05, 3.63) is 63.6 Å². The smallest absolute Gasteiger partial charge is 0.346 e. The highest BCUT2D eigenvalue weighted by Crippen LogP contribution is 2.26. The van der Waals surface area contributed by atoms with E-state index in [1.54, 1.807) is 42.5 Å². The average molecular weight is 354 g/mol. The summed E-state index contributed by atoms with van der Waals surface area (Å²) in [6.45, 7) is 0. The van der Waals surface area contributed by atoms with Crippen LogP contribution in [0.15, 0.2) is 42.5 Å². The lowest BCUT2D eigenvalue weighted by Crippen LogP contribution is -2.32. The Bertz CT molecular complexity index is 711. The van der Waals surface area contributed by atoms with Gasteiger partial charge in [-0.05, 0) is 36.2 Å². The molecule has 5 nitrogen and oxygen atoms in total. The van der Waals surface area contributed by atoms with Gasteiger partial charge in [0, 0.05) is 0 Å². The van der Waals surface area contributed by atoms with Gasteiger partial charge in [0.15, 0.2) is 0 Å². The standard InChI is InChI=1S/C16H13Cl2NO4/c17-11-2-1-3-12(18)14(11)16(22)23-10-6-4-9(5-7-10)8-13(19)15(20)21/h1-7,13H,8,19H2,(H,20,21)/t13-/m0/s1. The van der Waals surface area contributed by atoms with Gasteiger partial charge in [0.2, 0.25) is 0 Å². The minimum absolute atomic E-state index is 0.0906. The number of rotatable bonds is 5. The van der Waals surface area contributed by atoms with Crippen molar-refractivity contribution in [2.45, 2.75) is 12.5 Å². The van der Waals surface area contributed by atoms with Crippen molar-refractivity contribution in [2.24, 2.45) is 5.73 Å². The molecular weight excluding hydrogens is 341 g/mol. The van der Waals surface area contributed by atoms with Gasteiger partial charge in [-0.2, -0.15) is 0 Å². The van der Waals surface area contributed by atoms with E-state index in [2.05, 4.69) is 0 Å². The molecule has 0 bridgehead atoms. The van der Waals surface area contributed by atoms with E-state index in [1.807, 2.05) is 0 Å². The minimum Gasteiger partial charge on any atom is -0.480 e. The van der Waals surface area contributed by atoms with E-state index >= 15 is 0 Å². The Labute approximate surface area is 142 Å². The first-order chi connectivity index (χ1) is 10.9. The zero-order valence-electron chi connectivity index (χ0n) is 11.8. The Morgan fingerprint density at radius 3 is 2.17 bits per heavy atom. The molecule has 0 saturated heterocycles. The van der Waals surface area contributed by atoms with Gasteiger partial charge in [-0.3, -0.25) is 4.79 Å². The van der Waals surface area contributed by atoms with Crippen LogP contribution >= 0.6 is 23.2 Å². The molecule has 3 N–H and O–H groups in total. The molecule has 2 aromatic rings. The van der Waals surface area contributed by atoms with E-state index in [9.17, 15) is 9.59 Å². The predicted octanol–water partition coefficient (Wildman–Crippen LogP) is 3.17. The number of esters is 1. The highest BCUT2D eigenvalue weighted by atomic mass is 35.5. The van der Waals surface area contributed by atoms with Gasteiger partial charge >= 0.3 is 11.9 Å². The number of carboxylic acid groups (broad SMARTS) is 1. The Hall–Kier alpha value is -2.08. The fourth-order valence-electron chi connectivity index (χ4n) is 1.89. The number of hydrogen-bond donors (Lipinski definition) is 2. The van der Waals surface area contributed by atoms with Crippen LogP contribution in [0.3, 0.4) is 0 Å². The quantitative estimate of drug-likeness (QED) is 0.636. The summed E-state index contributed by atoms with van der Waals surface area (Å²) in [7, 11) is 0. The number of carbonyl (C=O) groups is 2. The Morgan fingerprint density at radius 1 is 1.09 bits per heavy atom. The second-order valence-electron chi connectivity index (χ2n) is 4.78. The first kappa shape index (κ1) is 17.3. The molecule has 120 valence electrons. The lowest BCUT2D eigenvalue weighted by Gasteiger charge is -2.09. The summed E-state index contributed by atoms with van der Waals surface area (Å²) in [4.78, 5) is 22.8. The summed E-state index contributed by atoms with van der Waals surface area (Å²) in [5.74, 6) is -1.46. The number of carboxylic acids is 1. The second-order valence-corrected chi connectivity index (χ2v) is 5.59. The van der Waals surface area contributed by atoms with Crippen molar-refractivity contribution in [1.82, 2.24) is 0 Å². The largest absolute Gasteiger partial charge is 0.480 e. The number of benzene rings is 2. The van der Waals surface area contributed by atoms with Gasteiger partial charge < -0.3 is 15.6 Å². The molecule has 0 saturated carbocycles. The number of halogens is 2. The fourth-order valence-corrected chi connectivity index (χ4v) is 2.44. The normalized spacial score (nSPS) is 11.8. The van der Waals surface area contributed by atoms with Gasteiger partial charge in [-0.1, -0.05) is 41.4 Å². The SMILES string of the molecule is N[C@@H](Cc1ccc(OC(=O)c2c(Cl)cccc2Cl)cc1)C(=O)O. The highest BCUT2D eigenvalue weighted by Gasteiger charge is 2.17. The third kappa shape index (κ3) is 4.45. The zero-order chi connectivity index (χ0) is 17.0. The maximum absolute atomic E-state index is 12.1. The van der Waals surface area contributed by atoms with E-state index in [1.165, 1.54) is 0 Å². The molecule has 0 fully saturated rings. The molecule has 0 unspecified atom stereocenters. The fraction of sp³-hybridized carbons (Fsp3) is 0.125. The second kappa shape index (κ2) is 7.46. The van der Waals surface area contributed by atoms with Gasteiger partial charge in [0.05, 0.1) is 15.6 Å². The monoisotopic (exact) mass is 353 g/mol. The maximum atomic E-state index is 12.1. The van der Waals surface area contributed by atoms with Crippen LogP contribution in [-0.4, -0.2) is 23.1 Å². The van der Waals surface area contributed by atoms with E-state index in [0.29, 0.717) is 5.75 Å². The van der Waals surface area contributed by atoms with Gasteiger partial charge in [-0.25, -0.2) is 4.79 Å². The average Bonchev–Trinajstić information content (AvgIpc) is 2.49. The van der Waals surface area contributed by atoms with E-state index in [-0.39, 0.29) is 22.0 Å². The summed E-state index contributed by atoms with van der Waals surface area (Å²) in [6.07, 6.45) is 0.180. The van der Waals surface area contributed by atoms with Crippen LogP contribution in [0.2, 0.25) is 10.0 Å². The summed E-state index contributed by atoms with van der Waals surface area (Å²) in [5, 5.41) is 9.18. The predicted molar refractivity (Wildman–Crippen MR) is 87.2 cm³/mol. The summed E-state index contributed by atoms with van der Waals surface area (Å²) >= 11 is 11.9. The number of hydrogen-bond acceptors (Lipinski definition) is 4. The molecule has 2 rings (SSSR count). The molecule has 1 atom stereocenters. The summed E-state index contributed by atoms with van der Waals surface area (Å²) in [6, 6.07) is 10.1. The molecular formula is C16H13Cl2NO4. The van der Waals surface area contributed by atoms with E-state index in [0.717, 1.165) is 5.56 Å². The molecule has 0 aliphatic heterocycles. The Kier molecular flexibility index (Phi) is 5.60. The van der Waals surface area contributed by atoms with E-state index < -0.39 is 18.0 Å². The molecule has 0 spiro atoms. The molecule has 0 aliphatic rings. The van der Waals surface area contributed by atoms with Crippen molar-refractivity contribution < 1.29 is 19.4 Å². The minimum atomic E-state index is -1.08. The third-order valence-corrected chi connectivity index (χ3v) is 3.70. The van der Waals surface area contributed by atoms with E-state index in [4.69, 9.17) is 38.8 Å². The molecule has 0 aromatic heterocycles. The Balaban J connectivity index is 2.09. The van der Waals surface area contributed by atoms with Gasteiger partial charge in [0.1, 0.15) is 11.8 Å². The molecule has 7 heteroatoms. The van der Waals surface area contributed by atoms with Crippen LogP contribution in [-0.2, 0) is 11.2 Å².